The SMILES string of the molecule is CNC(C)CCNc1nc2c(Br)c(Br)c(Br)c(Br)c2[nH]1. The minimum Gasteiger partial charge on any atom is -0.356 e. The van der Waals surface area contributed by atoms with Crippen LogP contribution in [-0.2, 0) is 0 Å². The fourth-order valence-corrected chi connectivity index (χ4v) is 4.02. The highest BCUT2D eigenvalue weighted by Crippen LogP contribution is 2.42. The molecule has 1 aromatic heterocycles. The lowest BCUT2D eigenvalue weighted by molar-refractivity contribution is 0.579. The van der Waals surface area contributed by atoms with Crippen LogP contribution in [-0.4, -0.2) is 29.6 Å². The van der Waals surface area contributed by atoms with Gasteiger partial charge in [0.05, 0.1) is 14.5 Å². The maximum Gasteiger partial charge on any atom is 0.201 e. The van der Waals surface area contributed by atoms with E-state index in [1.165, 1.54) is 0 Å². The second-order valence-electron chi connectivity index (χ2n) is 4.47. The van der Waals surface area contributed by atoms with E-state index in [-0.39, 0.29) is 0 Å². The molecule has 0 bridgehead atoms. The van der Waals surface area contributed by atoms with Crippen molar-refractivity contribution in [2.24, 2.45) is 0 Å². The van der Waals surface area contributed by atoms with Crippen molar-refractivity contribution in [3.05, 3.63) is 17.9 Å². The molecule has 0 spiro atoms. The van der Waals surface area contributed by atoms with E-state index in [0.717, 1.165) is 47.8 Å². The summed E-state index contributed by atoms with van der Waals surface area (Å²) in [6.45, 7) is 3.02. The molecule has 110 valence electrons. The number of benzene rings is 1. The van der Waals surface area contributed by atoms with Gasteiger partial charge in [-0.3, -0.25) is 0 Å². The van der Waals surface area contributed by atoms with Crippen molar-refractivity contribution in [2.75, 3.05) is 18.9 Å². The molecule has 8 heteroatoms. The lowest BCUT2D eigenvalue weighted by Crippen LogP contribution is -2.24. The molecule has 0 amide bonds. The standard InChI is InChI=1S/C12H14Br4N4/c1-5(17-2)3-4-18-12-19-10-8(15)6(13)7(14)9(16)11(10)20-12/h5,17H,3-4H2,1-2H3,(H2,18,19,20). The molecule has 4 nitrogen and oxygen atoms in total. The van der Waals surface area contributed by atoms with E-state index in [1.54, 1.807) is 0 Å². The van der Waals surface area contributed by atoms with Crippen molar-refractivity contribution in [1.29, 1.82) is 0 Å². The Morgan fingerprint density at radius 1 is 1.10 bits per heavy atom. The Kier molecular flexibility index (Phi) is 5.93. The highest BCUT2D eigenvalue weighted by Gasteiger charge is 2.17. The van der Waals surface area contributed by atoms with Gasteiger partial charge in [-0.15, -0.1) is 0 Å². The molecule has 0 fully saturated rings. The van der Waals surface area contributed by atoms with Gasteiger partial charge in [0.15, 0.2) is 0 Å². The predicted molar refractivity (Wildman–Crippen MR) is 98.5 cm³/mol. The molecular formula is C12H14Br4N4. The molecule has 0 radical (unpaired) electrons. The van der Waals surface area contributed by atoms with Crippen LogP contribution in [0.4, 0.5) is 5.95 Å². The van der Waals surface area contributed by atoms with Gasteiger partial charge in [0.2, 0.25) is 5.95 Å². The normalized spacial score (nSPS) is 12.9. The number of aromatic amines is 1. The van der Waals surface area contributed by atoms with Crippen molar-refractivity contribution in [3.63, 3.8) is 0 Å². The highest BCUT2D eigenvalue weighted by molar-refractivity contribution is 9.15. The number of H-pyrrole nitrogens is 1. The Bertz CT molecular complexity index is 581. The first-order valence-electron chi connectivity index (χ1n) is 6.08. The Morgan fingerprint density at radius 2 is 1.75 bits per heavy atom. The van der Waals surface area contributed by atoms with E-state index in [9.17, 15) is 0 Å². The van der Waals surface area contributed by atoms with E-state index in [0.29, 0.717) is 6.04 Å². The Labute approximate surface area is 151 Å². The summed E-state index contributed by atoms with van der Waals surface area (Å²) >= 11 is 14.2. The fourth-order valence-electron chi connectivity index (χ4n) is 1.73. The van der Waals surface area contributed by atoms with Gasteiger partial charge >= 0.3 is 0 Å². The van der Waals surface area contributed by atoms with E-state index in [4.69, 9.17) is 0 Å². The molecule has 0 aliphatic carbocycles. The van der Waals surface area contributed by atoms with Crippen LogP contribution in [0.2, 0.25) is 0 Å². The number of nitrogens with one attached hydrogen (secondary N) is 3. The monoisotopic (exact) mass is 530 g/mol. The topological polar surface area (TPSA) is 52.7 Å². The van der Waals surface area contributed by atoms with Gasteiger partial charge < -0.3 is 15.6 Å². The van der Waals surface area contributed by atoms with E-state index < -0.39 is 0 Å². The van der Waals surface area contributed by atoms with Crippen LogP contribution >= 0.6 is 63.7 Å². The molecule has 0 saturated carbocycles. The molecule has 3 N–H and O–H groups in total. The predicted octanol–water partition coefficient (Wildman–Crippen LogP) is 5.02. The van der Waals surface area contributed by atoms with Crippen molar-refractivity contribution in [1.82, 2.24) is 15.3 Å². The number of hydrogen-bond donors (Lipinski definition) is 3. The summed E-state index contributed by atoms with van der Waals surface area (Å²) in [5, 5.41) is 6.53. The lowest BCUT2D eigenvalue weighted by atomic mass is 10.2. The minimum atomic E-state index is 0.480. The van der Waals surface area contributed by atoms with Gasteiger partial charge in [-0.05, 0) is 84.1 Å². The fraction of sp³-hybridized carbons (Fsp3) is 0.417. The number of nitrogens with zero attached hydrogens (tertiary/aromatic N) is 1. The first-order valence-corrected chi connectivity index (χ1v) is 9.25. The molecule has 20 heavy (non-hydrogen) atoms. The maximum absolute atomic E-state index is 4.58. The van der Waals surface area contributed by atoms with Crippen LogP contribution in [0.3, 0.4) is 0 Å². The number of halogens is 4. The summed E-state index contributed by atoms with van der Waals surface area (Å²) in [7, 11) is 1.97. The van der Waals surface area contributed by atoms with Gasteiger partial charge in [-0.25, -0.2) is 4.98 Å². The molecular weight excluding hydrogens is 520 g/mol. The molecule has 1 unspecified atom stereocenters. The summed E-state index contributed by atoms with van der Waals surface area (Å²) in [6, 6.07) is 0.480. The quantitative estimate of drug-likeness (QED) is 0.374. The zero-order valence-corrected chi connectivity index (χ0v) is 17.3. The van der Waals surface area contributed by atoms with Gasteiger partial charge in [-0.1, -0.05) is 0 Å². The first-order chi connectivity index (χ1) is 9.45. The summed E-state index contributed by atoms with van der Waals surface area (Å²) in [4.78, 5) is 7.88. The summed E-state index contributed by atoms with van der Waals surface area (Å²) in [5.41, 5.74) is 1.84. The van der Waals surface area contributed by atoms with Gasteiger partial charge in [0, 0.05) is 21.5 Å². The molecule has 2 aromatic rings. The van der Waals surface area contributed by atoms with Crippen molar-refractivity contribution < 1.29 is 0 Å². The molecule has 0 aliphatic heterocycles. The minimum absolute atomic E-state index is 0.480. The van der Waals surface area contributed by atoms with Gasteiger partial charge in [0.1, 0.15) is 5.52 Å². The molecule has 1 atom stereocenters. The number of anilines is 1. The molecule has 0 aliphatic rings. The third kappa shape index (κ3) is 3.40. The van der Waals surface area contributed by atoms with E-state index in [2.05, 4.69) is 91.2 Å². The van der Waals surface area contributed by atoms with Crippen LogP contribution in [0, 0.1) is 0 Å². The first kappa shape index (κ1) is 16.7. The highest BCUT2D eigenvalue weighted by atomic mass is 79.9. The van der Waals surface area contributed by atoms with Crippen molar-refractivity contribution in [3.8, 4) is 0 Å². The number of imidazole rings is 1. The number of aromatic nitrogens is 2. The third-order valence-corrected chi connectivity index (χ3v) is 7.82. The van der Waals surface area contributed by atoms with Crippen molar-refractivity contribution >= 4 is 80.7 Å². The van der Waals surface area contributed by atoms with Crippen LogP contribution < -0.4 is 10.6 Å². The number of hydrogen-bond acceptors (Lipinski definition) is 3. The number of fused-ring (bicyclic) bond motifs is 1. The molecule has 1 aromatic carbocycles. The van der Waals surface area contributed by atoms with Gasteiger partial charge in [0.25, 0.3) is 0 Å². The molecule has 0 saturated heterocycles. The maximum atomic E-state index is 4.58. The van der Waals surface area contributed by atoms with E-state index >= 15 is 0 Å². The van der Waals surface area contributed by atoms with Crippen molar-refractivity contribution in [2.45, 2.75) is 19.4 Å². The average molecular weight is 534 g/mol. The van der Waals surface area contributed by atoms with Crippen LogP contribution in [0.5, 0.6) is 0 Å². The van der Waals surface area contributed by atoms with E-state index in [1.807, 2.05) is 7.05 Å². The van der Waals surface area contributed by atoms with Crippen LogP contribution in [0.15, 0.2) is 17.9 Å². The number of rotatable bonds is 5. The molecule has 2 rings (SSSR count). The largest absolute Gasteiger partial charge is 0.356 e. The van der Waals surface area contributed by atoms with Gasteiger partial charge in [-0.2, -0.15) is 0 Å². The summed E-state index contributed by atoms with van der Waals surface area (Å²) in [5.74, 6) is 0.773. The second kappa shape index (κ2) is 7.09. The molecule has 1 heterocycles. The Balaban J connectivity index is 2.26. The lowest BCUT2D eigenvalue weighted by Gasteiger charge is -2.09. The zero-order valence-electron chi connectivity index (χ0n) is 11.0. The third-order valence-electron chi connectivity index (χ3n) is 3.07. The smallest absolute Gasteiger partial charge is 0.201 e. The second-order valence-corrected chi connectivity index (χ2v) is 7.64. The Hall–Kier alpha value is 0.370. The average Bonchev–Trinajstić information content (AvgIpc) is 2.87. The Morgan fingerprint density at radius 3 is 2.40 bits per heavy atom. The summed E-state index contributed by atoms with van der Waals surface area (Å²) < 4.78 is 3.77. The van der Waals surface area contributed by atoms with Crippen LogP contribution in [0.25, 0.3) is 11.0 Å². The zero-order chi connectivity index (χ0) is 14.9. The summed E-state index contributed by atoms with van der Waals surface area (Å²) in [6.07, 6.45) is 1.03. The van der Waals surface area contributed by atoms with Crippen LogP contribution in [0.1, 0.15) is 13.3 Å².